The first-order valence-electron chi connectivity index (χ1n) is 11.0. The SMILES string of the molecule is NCc1cccc(-c2cc(CCC3CC3)cc(COc3ccccc3CC(=O)O)c2)c1. The summed E-state index contributed by atoms with van der Waals surface area (Å²) in [6.07, 6.45) is 4.96. The van der Waals surface area contributed by atoms with Crippen molar-refractivity contribution in [2.24, 2.45) is 11.7 Å². The highest BCUT2D eigenvalue weighted by Crippen LogP contribution is 2.34. The van der Waals surface area contributed by atoms with Crippen molar-refractivity contribution in [3.63, 3.8) is 0 Å². The molecule has 31 heavy (non-hydrogen) atoms. The van der Waals surface area contributed by atoms with Gasteiger partial charge in [0, 0.05) is 12.1 Å². The molecule has 0 aliphatic heterocycles. The van der Waals surface area contributed by atoms with Gasteiger partial charge in [-0.2, -0.15) is 0 Å². The number of rotatable bonds is 10. The van der Waals surface area contributed by atoms with Crippen LogP contribution in [0.1, 0.15) is 41.5 Å². The first kappa shape index (κ1) is 21.1. The van der Waals surface area contributed by atoms with Gasteiger partial charge < -0.3 is 15.6 Å². The van der Waals surface area contributed by atoms with Crippen molar-refractivity contribution in [2.75, 3.05) is 0 Å². The minimum Gasteiger partial charge on any atom is -0.489 e. The largest absolute Gasteiger partial charge is 0.489 e. The zero-order valence-corrected chi connectivity index (χ0v) is 17.7. The van der Waals surface area contributed by atoms with Crippen molar-refractivity contribution in [2.45, 2.75) is 45.3 Å². The molecule has 4 rings (SSSR count). The first-order valence-corrected chi connectivity index (χ1v) is 11.0. The van der Waals surface area contributed by atoms with E-state index in [1.54, 1.807) is 6.07 Å². The molecule has 0 radical (unpaired) electrons. The smallest absolute Gasteiger partial charge is 0.307 e. The molecule has 3 aromatic carbocycles. The van der Waals surface area contributed by atoms with E-state index in [1.165, 1.54) is 30.4 Å². The summed E-state index contributed by atoms with van der Waals surface area (Å²) in [5.41, 5.74) is 12.4. The van der Waals surface area contributed by atoms with Crippen LogP contribution >= 0.6 is 0 Å². The molecule has 1 aliphatic rings. The van der Waals surface area contributed by atoms with Gasteiger partial charge in [-0.05, 0) is 64.8 Å². The summed E-state index contributed by atoms with van der Waals surface area (Å²) in [6, 6.07) is 22.4. The van der Waals surface area contributed by atoms with Gasteiger partial charge in [-0.3, -0.25) is 4.79 Å². The van der Waals surface area contributed by atoms with Crippen LogP contribution in [0.25, 0.3) is 11.1 Å². The molecule has 0 aromatic heterocycles. The number of hydrogen-bond acceptors (Lipinski definition) is 3. The number of nitrogens with two attached hydrogens (primary N) is 1. The Kier molecular flexibility index (Phi) is 6.68. The molecule has 1 fully saturated rings. The van der Waals surface area contributed by atoms with E-state index in [0.29, 0.717) is 24.5 Å². The standard InChI is InChI=1S/C27H29NO3/c28-17-21-4-3-6-23(14-21)25-13-20(11-10-19-8-9-19)12-22(15-25)18-31-26-7-2-1-5-24(26)16-27(29)30/h1-7,12-15,19H,8-11,16-18,28H2,(H,29,30). The molecule has 0 bridgehead atoms. The predicted octanol–water partition coefficient (Wildman–Crippen LogP) is 5.36. The molecular formula is C27H29NO3. The molecule has 0 heterocycles. The second-order valence-electron chi connectivity index (χ2n) is 8.39. The summed E-state index contributed by atoms with van der Waals surface area (Å²) >= 11 is 0. The Hall–Kier alpha value is -3.11. The highest BCUT2D eigenvalue weighted by atomic mass is 16.5. The highest BCUT2D eigenvalue weighted by Gasteiger charge is 2.20. The van der Waals surface area contributed by atoms with Crippen molar-refractivity contribution in [3.8, 4) is 16.9 Å². The summed E-state index contributed by atoms with van der Waals surface area (Å²) in [5.74, 6) is 0.645. The fraction of sp³-hybridized carbons (Fsp3) is 0.296. The summed E-state index contributed by atoms with van der Waals surface area (Å²) in [4.78, 5) is 11.2. The molecular weight excluding hydrogens is 386 g/mol. The number of carbonyl (C=O) groups is 1. The van der Waals surface area contributed by atoms with Gasteiger partial charge in [-0.25, -0.2) is 0 Å². The molecule has 3 N–H and O–H groups in total. The number of para-hydroxylation sites is 1. The molecule has 0 unspecified atom stereocenters. The van der Waals surface area contributed by atoms with Crippen molar-refractivity contribution in [1.29, 1.82) is 0 Å². The lowest BCUT2D eigenvalue weighted by atomic mass is 9.96. The van der Waals surface area contributed by atoms with E-state index < -0.39 is 5.97 Å². The number of ether oxygens (including phenoxy) is 1. The number of carboxylic acid groups (broad SMARTS) is 1. The van der Waals surface area contributed by atoms with Crippen LogP contribution in [0, 0.1) is 5.92 Å². The van der Waals surface area contributed by atoms with Crippen LogP contribution in [-0.2, 0) is 30.8 Å². The Morgan fingerprint density at radius 3 is 2.48 bits per heavy atom. The molecule has 0 amide bonds. The van der Waals surface area contributed by atoms with E-state index in [2.05, 4.69) is 30.3 Å². The lowest BCUT2D eigenvalue weighted by Gasteiger charge is -2.14. The van der Waals surface area contributed by atoms with Gasteiger partial charge in [0.05, 0.1) is 6.42 Å². The van der Waals surface area contributed by atoms with Crippen molar-refractivity contribution >= 4 is 5.97 Å². The molecule has 0 spiro atoms. The van der Waals surface area contributed by atoms with Crippen LogP contribution in [0.5, 0.6) is 5.75 Å². The van der Waals surface area contributed by atoms with Gasteiger partial charge in [-0.15, -0.1) is 0 Å². The topological polar surface area (TPSA) is 72.5 Å². The van der Waals surface area contributed by atoms with Crippen molar-refractivity contribution < 1.29 is 14.6 Å². The van der Waals surface area contributed by atoms with Crippen LogP contribution in [-0.4, -0.2) is 11.1 Å². The van der Waals surface area contributed by atoms with E-state index in [4.69, 9.17) is 15.6 Å². The summed E-state index contributed by atoms with van der Waals surface area (Å²) in [6.45, 7) is 0.920. The summed E-state index contributed by atoms with van der Waals surface area (Å²) in [5, 5.41) is 9.16. The quantitative estimate of drug-likeness (QED) is 0.467. The first-order chi connectivity index (χ1) is 15.1. The second kappa shape index (κ2) is 9.80. The van der Waals surface area contributed by atoms with E-state index in [0.717, 1.165) is 29.0 Å². The maximum absolute atomic E-state index is 11.2. The monoisotopic (exact) mass is 415 g/mol. The molecule has 4 heteroatoms. The second-order valence-corrected chi connectivity index (χ2v) is 8.39. The molecule has 1 saturated carbocycles. The minimum atomic E-state index is -0.861. The molecule has 4 nitrogen and oxygen atoms in total. The normalized spacial score (nSPS) is 13.2. The lowest BCUT2D eigenvalue weighted by molar-refractivity contribution is -0.136. The Morgan fingerprint density at radius 2 is 1.71 bits per heavy atom. The average molecular weight is 416 g/mol. The maximum Gasteiger partial charge on any atom is 0.307 e. The van der Waals surface area contributed by atoms with Crippen LogP contribution in [0.2, 0.25) is 0 Å². The Morgan fingerprint density at radius 1 is 0.935 bits per heavy atom. The number of benzene rings is 3. The minimum absolute atomic E-state index is 0.0469. The summed E-state index contributed by atoms with van der Waals surface area (Å²) < 4.78 is 6.07. The molecule has 1 aliphatic carbocycles. The Balaban J connectivity index is 1.58. The van der Waals surface area contributed by atoms with Gasteiger partial charge in [-0.1, -0.05) is 61.4 Å². The van der Waals surface area contributed by atoms with Crippen LogP contribution in [0.4, 0.5) is 0 Å². The zero-order chi connectivity index (χ0) is 21.6. The van der Waals surface area contributed by atoms with Crippen LogP contribution < -0.4 is 10.5 Å². The number of aryl methyl sites for hydroxylation is 1. The molecule has 0 saturated heterocycles. The molecule has 0 atom stereocenters. The molecule has 160 valence electrons. The number of hydrogen-bond donors (Lipinski definition) is 2. The van der Waals surface area contributed by atoms with Gasteiger partial charge in [0.15, 0.2) is 0 Å². The fourth-order valence-electron chi connectivity index (χ4n) is 3.93. The lowest BCUT2D eigenvalue weighted by Crippen LogP contribution is -2.04. The van der Waals surface area contributed by atoms with Gasteiger partial charge >= 0.3 is 5.97 Å². The maximum atomic E-state index is 11.2. The third-order valence-electron chi connectivity index (χ3n) is 5.80. The predicted molar refractivity (Wildman–Crippen MR) is 123 cm³/mol. The third-order valence-corrected chi connectivity index (χ3v) is 5.80. The zero-order valence-electron chi connectivity index (χ0n) is 17.7. The third kappa shape index (κ3) is 5.96. The average Bonchev–Trinajstić information content (AvgIpc) is 3.61. The van der Waals surface area contributed by atoms with E-state index in [-0.39, 0.29) is 6.42 Å². The molecule has 3 aromatic rings. The van der Waals surface area contributed by atoms with Crippen molar-refractivity contribution in [1.82, 2.24) is 0 Å². The van der Waals surface area contributed by atoms with Crippen LogP contribution in [0.3, 0.4) is 0 Å². The summed E-state index contributed by atoms with van der Waals surface area (Å²) in [7, 11) is 0. The van der Waals surface area contributed by atoms with Crippen molar-refractivity contribution in [3.05, 3.63) is 89.0 Å². The van der Waals surface area contributed by atoms with E-state index in [9.17, 15) is 4.79 Å². The Bertz CT molecular complexity index is 1060. The van der Waals surface area contributed by atoms with Gasteiger partial charge in [0.1, 0.15) is 12.4 Å². The highest BCUT2D eigenvalue weighted by molar-refractivity contribution is 5.71. The van der Waals surface area contributed by atoms with Crippen LogP contribution in [0.15, 0.2) is 66.7 Å². The van der Waals surface area contributed by atoms with Gasteiger partial charge in [0.25, 0.3) is 0 Å². The van der Waals surface area contributed by atoms with E-state index >= 15 is 0 Å². The van der Waals surface area contributed by atoms with Gasteiger partial charge in [0.2, 0.25) is 0 Å². The number of carboxylic acids is 1. The number of aliphatic carboxylic acids is 1. The fourth-order valence-corrected chi connectivity index (χ4v) is 3.93. The van der Waals surface area contributed by atoms with E-state index in [1.807, 2.05) is 30.3 Å². The Labute approximate surface area is 183 Å².